The van der Waals surface area contributed by atoms with Gasteiger partial charge in [-0.3, -0.25) is 9.80 Å². The molecule has 0 amide bonds. The van der Waals surface area contributed by atoms with Gasteiger partial charge in [-0.25, -0.2) is 0 Å². The Morgan fingerprint density at radius 3 is 2.65 bits per heavy atom. The normalized spacial score (nSPS) is 28.6. The standard InChI is InChI=1S/C16H33N3O/c1-4-6-17-14(2)12-15(3)19-7-5-16(13-19)18-8-10-20-11-9-18/h14-17H,4-13H2,1-3H3. The van der Waals surface area contributed by atoms with Gasteiger partial charge in [0.05, 0.1) is 13.2 Å². The van der Waals surface area contributed by atoms with Crippen LogP contribution in [0, 0.1) is 0 Å². The third-order valence-electron chi connectivity index (χ3n) is 4.82. The van der Waals surface area contributed by atoms with E-state index < -0.39 is 0 Å². The minimum Gasteiger partial charge on any atom is -0.379 e. The molecule has 2 heterocycles. The topological polar surface area (TPSA) is 27.7 Å². The van der Waals surface area contributed by atoms with Crippen molar-refractivity contribution in [1.82, 2.24) is 15.1 Å². The monoisotopic (exact) mass is 283 g/mol. The molecule has 2 aliphatic rings. The van der Waals surface area contributed by atoms with E-state index in [0.29, 0.717) is 12.1 Å². The summed E-state index contributed by atoms with van der Waals surface area (Å²) in [6, 6.07) is 2.09. The van der Waals surface area contributed by atoms with Gasteiger partial charge in [0.15, 0.2) is 0 Å². The predicted octanol–water partition coefficient (Wildman–Crippen LogP) is 1.56. The second-order valence-electron chi connectivity index (χ2n) is 6.53. The SMILES string of the molecule is CCCNC(C)CC(C)N1CCC(N2CCOCC2)C1. The Kier molecular flexibility index (Phi) is 6.75. The van der Waals surface area contributed by atoms with Crippen LogP contribution in [-0.2, 0) is 4.74 Å². The third-order valence-corrected chi connectivity index (χ3v) is 4.82. The lowest BCUT2D eigenvalue weighted by Crippen LogP contribution is -2.45. The quantitative estimate of drug-likeness (QED) is 0.767. The maximum absolute atomic E-state index is 5.46. The van der Waals surface area contributed by atoms with E-state index in [9.17, 15) is 0 Å². The molecule has 0 aromatic carbocycles. The van der Waals surface area contributed by atoms with E-state index in [1.807, 2.05) is 0 Å². The van der Waals surface area contributed by atoms with E-state index in [-0.39, 0.29) is 0 Å². The zero-order chi connectivity index (χ0) is 14.4. The van der Waals surface area contributed by atoms with Crippen LogP contribution in [0.2, 0.25) is 0 Å². The highest BCUT2D eigenvalue weighted by Gasteiger charge is 2.31. The summed E-state index contributed by atoms with van der Waals surface area (Å²) >= 11 is 0. The van der Waals surface area contributed by atoms with Crippen LogP contribution >= 0.6 is 0 Å². The number of hydrogen-bond donors (Lipinski definition) is 1. The lowest BCUT2D eigenvalue weighted by molar-refractivity contribution is 0.0176. The van der Waals surface area contributed by atoms with Crippen LogP contribution in [0.3, 0.4) is 0 Å². The molecule has 3 atom stereocenters. The van der Waals surface area contributed by atoms with Gasteiger partial charge in [0.25, 0.3) is 0 Å². The molecule has 0 aromatic rings. The van der Waals surface area contributed by atoms with Gasteiger partial charge < -0.3 is 10.1 Å². The smallest absolute Gasteiger partial charge is 0.0594 e. The Labute approximate surface area is 124 Å². The molecule has 0 spiro atoms. The molecule has 2 aliphatic heterocycles. The lowest BCUT2D eigenvalue weighted by Gasteiger charge is -2.33. The summed E-state index contributed by atoms with van der Waals surface area (Å²) in [4.78, 5) is 5.32. The first-order valence-corrected chi connectivity index (χ1v) is 8.50. The van der Waals surface area contributed by atoms with Crippen molar-refractivity contribution in [2.45, 2.75) is 58.2 Å². The van der Waals surface area contributed by atoms with Crippen LogP contribution in [0.4, 0.5) is 0 Å². The average Bonchev–Trinajstić information content (AvgIpc) is 2.96. The fourth-order valence-electron chi connectivity index (χ4n) is 3.54. The molecule has 1 N–H and O–H groups in total. The molecule has 0 aliphatic carbocycles. The van der Waals surface area contributed by atoms with E-state index in [4.69, 9.17) is 4.74 Å². The van der Waals surface area contributed by atoms with Gasteiger partial charge in [0.2, 0.25) is 0 Å². The van der Waals surface area contributed by atoms with Crippen molar-refractivity contribution < 1.29 is 4.74 Å². The van der Waals surface area contributed by atoms with E-state index in [0.717, 1.165) is 38.9 Å². The van der Waals surface area contributed by atoms with Crippen molar-refractivity contribution in [3.8, 4) is 0 Å². The van der Waals surface area contributed by atoms with Gasteiger partial charge in [-0.2, -0.15) is 0 Å². The van der Waals surface area contributed by atoms with E-state index in [1.54, 1.807) is 0 Å². The Morgan fingerprint density at radius 2 is 1.95 bits per heavy atom. The van der Waals surface area contributed by atoms with Gasteiger partial charge >= 0.3 is 0 Å². The summed E-state index contributed by atoms with van der Waals surface area (Å²) in [6.45, 7) is 14.7. The van der Waals surface area contributed by atoms with Gasteiger partial charge in [0.1, 0.15) is 0 Å². The molecule has 3 unspecified atom stereocenters. The average molecular weight is 283 g/mol. The van der Waals surface area contributed by atoms with Crippen LogP contribution < -0.4 is 5.32 Å². The molecule has 4 heteroatoms. The number of hydrogen-bond acceptors (Lipinski definition) is 4. The first kappa shape index (κ1) is 16.2. The molecule has 0 aromatic heterocycles. The molecule has 0 radical (unpaired) electrons. The number of nitrogens with one attached hydrogen (secondary N) is 1. The van der Waals surface area contributed by atoms with Crippen LogP contribution in [0.5, 0.6) is 0 Å². The summed E-state index contributed by atoms with van der Waals surface area (Å²) in [6.07, 6.45) is 3.82. The molecular weight excluding hydrogens is 250 g/mol. The Bertz CT molecular complexity index is 268. The molecule has 118 valence electrons. The summed E-state index contributed by atoms with van der Waals surface area (Å²) in [7, 11) is 0. The lowest BCUT2D eigenvalue weighted by atomic mass is 10.1. The van der Waals surface area contributed by atoms with Gasteiger partial charge in [-0.1, -0.05) is 6.92 Å². The highest BCUT2D eigenvalue weighted by molar-refractivity contribution is 4.87. The van der Waals surface area contributed by atoms with Crippen molar-refractivity contribution in [2.75, 3.05) is 45.9 Å². The van der Waals surface area contributed by atoms with Gasteiger partial charge in [-0.05, 0) is 39.7 Å². The summed E-state index contributed by atoms with van der Waals surface area (Å²) in [5, 5.41) is 3.61. The highest BCUT2D eigenvalue weighted by atomic mass is 16.5. The van der Waals surface area contributed by atoms with Crippen LogP contribution in [0.1, 0.15) is 40.0 Å². The van der Waals surface area contributed by atoms with Crippen LogP contribution in [0.25, 0.3) is 0 Å². The second-order valence-corrected chi connectivity index (χ2v) is 6.53. The molecule has 4 nitrogen and oxygen atoms in total. The molecule has 2 rings (SSSR count). The van der Waals surface area contributed by atoms with Crippen molar-refractivity contribution in [2.24, 2.45) is 0 Å². The molecule has 2 fully saturated rings. The Hall–Kier alpha value is -0.160. The molecule has 0 bridgehead atoms. The number of likely N-dealkylation sites (tertiary alicyclic amines) is 1. The maximum atomic E-state index is 5.46. The zero-order valence-corrected chi connectivity index (χ0v) is 13.6. The number of rotatable bonds is 7. The fourth-order valence-corrected chi connectivity index (χ4v) is 3.54. The predicted molar refractivity (Wildman–Crippen MR) is 84.2 cm³/mol. The van der Waals surface area contributed by atoms with E-state index in [1.165, 1.54) is 32.4 Å². The van der Waals surface area contributed by atoms with Crippen LogP contribution in [0.15, 0.2) is 0 Å². The van der Waals surface area contributed by atoms with Crippen molar-refractivity contribution in [3.63, 3.8) is 0 Å². The van der Waals surface area contributed by atoms with Crippen LogP contribution in [-0.4, -0.2) is 73.9 Å². The van der Waals surface area contributed by atoms with Gasteiger partial charge in [-0.15, -0.1) is 0 Å². The minimum atomic E-state index is 0.632. The summed E-state index contributed by atoms with van der Waals surface area (Å²) in [5.41, 5.74) is 0. The Balaban J connectivity index is 1.71. The minimum absolute atomic E-state index is 0.632. The molecule has 2 saturated heterocycles. The fraction of sp³-hybridized carbons (Fsp3) is 1.00. The Morgan fingerprint density at radius 1 is 1.20 bits per heavy atom. The van der Waals surface area contributed by atoms with Gasteiger partial charge in [0, 0.05) is 44.3 Å². The summed E-state index contributed by atoms with van der Waals surface area (Å²) < 4.78 is 5.46. The maximum Gasteiger partial charge on any atom is 0.0594 e. The molecular formula is C16H33N3O. The van der Waals surface area contributed by atoms with E-state index >= 15 is 0 Å². The number of morpholine rings is 1. The van der Waals surface area contributed by atoms with Crippen molar-refractivity contribution >= 4 is 0 Å². The largest absolute Gasteiger partial charge is 0.379 e. The third kappa shape index (κ3) is 4.69. The zero-order valence-electron chi connectivity index (χ0n) is 13.6. The summed E-state index contributed by atoms with van der Waals surface area (Å²) in [5.74, 6) is 0. The first-order chi connectivity index (χ1) is 9.70. The number of nitrogens with zero attached hydrogens (tertiary/aromatic N) is 2. The molecule has 0 saturated carbocycles. The second kappa shape index (κ2) is 8.32. The molecule has 20 heavy (non-hydrogen) atoms. The van der Waals surface area contributed by atoms with E-state index in [2.05, 4.69) is 35.9 Å². The number of ether oxygens (including phenoxy) is 1. The van der Waals surface area contributed by atoms with Crippen molar-refractivity contribution in [3.05, 3.63) is 0 Å². The first-order valence-electron chi connectivity index (χ1n) is 8.50. The van der Waals surface area contributed by atoms with Crippen molar-refractivity contribution in [1.29, 1.82) is 0 Å². The highest BCUT2D eigenvalue weighted by Crippen LogP contribution is 2.20.